The first-order chi connectivity index (χ1) is 13.1. The van der Waals surface area contributed by atoms with E-state index < -0.39 is 5.91 Å². The van der Waals surface area contributed by atoms with Crippen LogP contribution in [-0.4, -0.2) is 25.3 Å². The average Bonchev–Trinajstić information content (AvgIpc) is 3.07. The van der Waals surface area contributed by atoms with Gasteiger partial charge in [0.05, 0.1) is 19.4 Å². The second-order valence-corrected chi connectivity index (χ2v) is 6.00. The van der Waals surface area contributed by atoms with E-state index in [1.165, 1.54) is 6.21 Å². The summed E-state index contributed by atoms with van der Waals surface area (Å²) in [6, 6.07) is 12.2. The molecule has 3 aromatic rings. The summed E-state index contributed by atoms with van der Waals surface area (Å²) in [5.74, 6) is 1.01. The van der Waals surface area contributed by atoms with Gasteiger partial charge in [0.25, 0.3) is 0 Å². The minimum absolute atomic E-state index is 0.158. The van der Waals surface area contributed by atoms with Gasteiger partial charge in [-0.05, 0) is 61.9 Å². The summed E-state index contributed by atoms with van der Waals surface area (Å²) in [4.78, 5) is 12.2. The number of ether oxygens (including phenoxy) is 2. The number of benzene rings is 2. The van der Waals surface area contributed by atoms with Crippen LogP contribution in [-0.2, 0) is 0 Å². The lowest BCUT2D eigenvalue weighted by molar-refractivity contribution is 0.0929. The van der Waals surface area contributed by atoms with Crippen molar-refractivity contribution in [2.24, 2.45) is 5.10 Å². The zero-order valence-corrected chi connectivity index (χ0v) is 15.7. The third kappa shape index (κ3) is 4.60. The highest BCUT2D eigenvalue weighted by molar-refractivity contribution is 6.31. The van der Waals surface area contributed by atoms with E-state index in [-0.39, 0.29) is 5.76 Å². The van der Waals surface area contributed by atoms with Crippen molar-refractivity contribution in [3.63, 3.8) is 0 Å². The van der Waals surface area contributed by atoms with E-state index >= 15 is 0 Å². The first-order valence-corrected chi connectivity index (χ1v) is 8.90. The fourth-order valence-electron chi connectivity index (χ4n) is 2.49. The SMILES string of the molecule is CCOc1ccc(/C=N/NC(=O)c2cc3cc(Cl)ccc3o2)cc1OCC. The van der Waals surface area contributed by atoms with Crippen molar-refractivity contribution < 1.29 is 18.7 Å². The Labute approximate surface area is 161 Å². The second-order valence-electron chi connectivity index (χ2n) is 5.56. The van der Waals surface area contributed by atoms with E-state index in [1.807, 2.05) is 19.9 Å². The normalized spacial score (nSPS) is 11.1. The summed E-state index contributed by atoms with van der Waals surface area (Å²) in [5, 5.41) is 5.31. The molecule has 3 rings (SSSR count). The van der Waals surface area contributed by atoms with Gasteiger partial charge in [-0.15, -0.1) is 0 Å². The highest BCUT2D eigenvalue weighted by atomic mass is 35.5. The van der Waals surface area contributed by atoms with Crippen molar-refractivity contribution in [3.8, 4) is 11.5 Å². The molecule has 0 radical (unpaired) electrons. The summed E-state index contributed by atoms with van der Waals surface area (Å²) in [6.07, 6.45) is 1.52. The van der Waals surface area contributed by atoms with Gasteiger partial charge < -0.3 is 13.9 Å². The lowest BCUT2D eigenvalue weighted by atomic mass is 10.2. The van der Waals surface area contributed by atoms with Crippen LogP contribution in [0, 0.1) is 0 Å². The van der Waals surface area contributed by atoms with Gasteiger partial charge in [0.15, 0.2) is 17.3 Å². The van der Waals surface area contributed by atoms with Crippen LogP contribution in [0.25, 0.3) is 11.0 Å². The monoisotopic (exact) mass is 386 g/mol. The molecule has 0 aliphatic rings. The summed E-state index contributed by atoms with van der Waals surface area (Å²) >= 11 is 5.94. The van der Waals surface area contributed by atoms with E-state index in [9.17, 15) is 4.79 Å². The van der Waals surface area contributed by atoms with Gasteiger partial charge in [0, 0.05) is 10.4 Å². The lowest BCUT2D eigenvalue weighted by Gasteiger charge is -2.11. The van der Waals surface area contributed by atoms with E-state index in [1.54, 1.807) is 36.4 Å². The Bertz CT molecular complexity index is 981. The van der Waals surface area contributed by atoms with Crippen LogP contribution in [0.15, 0.2) is 52.0 Å². The molecule has 1 aromatic heterocycles. The summed E-state index contributed by atoms with van der Waals surface area (Å²) in [7, 11) is 0. The number of amides is 1. The number of hydrogen-bond donors (Lipinski definition) is 1. The predicted molar refractivity (Wildman–Crippen MR) is 105 cm³/mol. The number of rotatable bonds is 7. The predicted octanol–water partition coefficient (Wildman–Crippen LogP) is 4.65. The number of nitrogens with zero attached hydrogens (tertiary/aromatic N) is 1. The van der Waals surface area contributed by atoms with E-state index in [0.29, 0.717) is 35.3 Å². The second kappa shape index (κ2) is 8.60. The number of nitrogens with one attached hydrogen (secondary N) is 1. The molecule has 0 fully saturated rings. The van der Waals surface area contributed by atoms with Crippen LogP contribution >= 0.6 is 11.6 Å². The Hall–Kier alpha value is -2.99. The van der Waals surface area contributed by atoms with Crippen molar-refractivity contribution in [3.05, 3.63) is 58.8 Å². The van der Waals surface area contributed by atoms with Gasteiger partial charge >= 0.3 is 5.91 Å². The molecular formula is C20H19ClN2O4. The van der Waals surface area contributed by atoms with Crippen molar-refractivity contribution >= 4 is 34.7 Å². The molecule has 0 spiro atoms. The lowest BCUT2D eigenvalue weighted by Crippen LogP contribution is -2.16. The molecule has 0 aliphatic carbocycles. The van der Waals surface area contributed by atoms with Crippen molar-refractivity contribution in [1.82, 2.24) is 5.43 Å². The Morgan fingerprint density at radius 1 is 1.11 bits per heavy atom. The molecule has 7 heteroatoms. The van der Waals surface area contributed by atoms with Crippen molar-refractivity contribution in [2.75, 3.05) is 13.2 Å². The molecule has 0 saturated heterocycles. The molecule has 6 nitrogen and oxygen atoms in total. The molecule has 0 atom stereocenters. The maximum atomic E-state index is 12.2. The van der Waals surface area contributed by atoms with Crippen LogP contribution < -0.4 is 14.9 Å². The van der Waals surface area contributed by atoms with Crippen LogP contribution in [0.2, 0.25) is 5.02 Å². The molecule has 27 heavy (non-hydrogen) atoms. The minimum atomic E-state index is -0.449. The zero-order valence-electron chi connectivity index (χ0n) is 15.0. The standard InChI is InChI=1S/C20H19ClN2O4/c1-3-25-17-7-5-13(9-18(17)26-4-2)12-22-23-20(24)19-11-14-10-15(21)6-8-16(14)27-19/h5-12H,3-4H2,1-2H3,(H,23,24)/b22-12+. The molecule has 2 aromatic carbocycles. The third-order valence-electron chi connectivity index (χ3n) is 3.65. The minimum Gasteiger partial charge on any atom is -0.490 e. The largest absolute Gasteiger partial charge is 0.490 e. The number of furan rings is 1. The topological polar surface area (TPSA) is 73.1 Å². The number of fused-ring (bicyclic) bond motifs is 1. The molecule has 0 aliphatic heterocycles. The highest BCUT2D eigenvalue weighted by Gasteiger charge is 2.12. The van der Waals surface area contributed by atoms with Gasteiger partial charge in [-0.2, -0.15) is 5.10 Å². The van der Waals surface area contributed by atoms with Crippen LogP contribution in [0.3, 0.4) is 0 Å². The van der Waals surface area contributed by atoms with Gasteiger partial charge in [0.2, 0.25) is 0 Å². The summed E-state index contributed by atoms with van der Waals surface area (Å²) in [6.45, 7) is 4.88. The Morgan fingerprint density at radius 3 is 2.67 bits per heavy atom. The zero-order chi connectivity index (χ0) is 19.2. The summed E-state index contributed by atoms with van der Waals surface area (Å²) < 4.78 is 16.6. The van der Waals surface area contributed by atoms with Crippen molar-refractivity contribution in [1.29, 1.82) is 0 Å². The number of hydrazone groups is 1. The van der Waals surface area contributed by atoms with E-state index in [0.717, 1.165) is 10.9 Å². The Balaban J connectivity index is 1.70. The average molecular weight is 387 g/mol. The molecule has 140 valence electrons. The molecule has 1 amide bonds. The third-order valence-corrected chi connectivity index (χ3v) is 3.88. The van der Waals surface area contributed by atoms with E-state index in [4.69, 9.17) is 25.5 Å². The first-order valence-electron chi connectivity index (χ1n) is 8.53. The first kappa shape index (κ1) is 18.8. The smallest absolute Gasteiger partial charge is 0.307 e. The Morgan fingerprint density at radius 2 is 1.89 bits per heavy atom. The summed E-state index contributed by atoms with van der Waals surface area (Å²) in [5.41, 5.74) is 3.79. The Kier molecular flexibility index (Phi) is 5.98. The maximum absolute atomic E-state index is 12.2. The molecule has 0 unspecified atom stereocenters. The quantitative estimate of drug-likeness (QED) is 0.474. The number of carbonyl (C=O) groups excluding carboxylic acids is 1. The molecule has 0 bridgehead atoms. The fourth-order valence-corrected chi connectivity index (χ4v) is 2.68. The molecule has 1 heterocycles. The number of halogens is 1. The van der Waals surface area contributed by atoms with E-state index in [2.05, 4.69) is 10.5 Å². The van der Waals surface area contributed by atoms with Crippen LogP contribution in [0.4, 0.5) is 0 Å². The molecule has 1 N–H and O–H groups in total. The maximum Gasteiger partial charge on any atom is 0.307 e. The fraction of sp³-hybridized carbons (Fsp3) is 0.200. The van der Waals surface area contributed by atoms with Crippen LogP contribution in [0.1, 0.15) is 30.0 Å². The number of hydrogen-bond acceptors (Lipinski definition) is 5. The highest BCUT2D eigenvalue weighted by Crippen LogP contribution is 2.28. The molecular weight excluding hydrogens is 368 g/mol. The molecule has 0 saturated carbocycles. The van der Waals surface area contributed by atoms with Crippen LogP contribution in [0.5, 0.6) is 11.5 Å². The van der Waals surface area contributed by atoms with Gasteiger partial charge in [-0.3, -0.25) is 4.79 Å². The van der Waals surface area contributed by atoms with Gasteiger partial charge in [-0.25, -0.2) is 5.43 Å². The van der Waals surface area contributed by atoms with Crippen molar-refractivity contribution in [2.45, 2.75) is 13.8 Å². The van der Waals surface area contributed by atoms with Gasteiger partial charge in [0.1, 0.15) is 5.58 Å². The number of carbonyl (C=O) groups is 1. The van der Waals surface area contributed by atoms with Gasteiger partial charge in [-0.1, -0.05) is 11.6 Å².